The van der Waals surface area contributed by atoms with E-state index >= 15 is 0 Å². The van der Waals surface area contributed by atoms with E-state index in [1.165, 1.54) is 6.08 Å². The van der Waals surface area contributed by atoms with Crippen LogP contribution in [0.2, 0.25) is 0 Å². The Morgan fingerprint density at radius 1 is 1.60 bits per heavy atom. The Kier molecular flexibility index (Phi) is 1.37. The molecular formula is C6H7F2NO. The zero-order chi connectivity index (χ0) is 7.83. The normalized spacial score (nSPS) is 21.5. The van der Waals surface area contributed by atoms with Crippen molar-refractivity contribution in [2.45, 2.75) is 31.2 Å². The van der Waals surface area contributed by atoms with Crippen LogP contribution in [-0.2, 0) is 4.79 Å². The van der Waals surface area contributed by atoms with Gasteiger partial charge in [0.25, 0.3) is 5.92 Å². The largest absolute Gasteiger partial charge is 0.270 e. The van der Waals surface area contributed by atoms with Crippen LogP contribution in [0.3, 0.4) is 0 Å². The second kappa shape index (κ2) is 1.86. The molecule has 0 aromatic carbocycles. The second-order valence-electron chi connectivity index (χ2n) is 2.62. The molecule has 0 aromatic rings. The molecule has 0 atom stereocenters. The zero-order valence-corrected chi connectivity index (χ0v) is 5.53. The smallest absolute Gasteiger partial charge is 0.211 e. The van der Waals surface area contributed by atoms with Gasteiger partial charge in [-0.05, 0) is 12.8 Å². The molecule has 1 saturated carbocycles. The Balaban J connectivity index is 2.79. The molecule has 1 rings (SSSR count). The van der Waals surface area contributed by atoms with Gasteiger partial charge in [0.05, 0.1) is 0 Å². The van der Waals surface area contributed by atoms with Crippen LogP contribution < -0.4 is 0 Å². The van der Waals surface area contributed by atoms with E-state index in [1.807, 2.05) is 0 Å². The highest BCUT2D eigenvalue weighted by Gasteiger charge is 2.59. The average Bonchev–Trinajstić information content (AvgIpc) is 2.45. The van der Waals surface area contributed by atoms with Crippen molar-refractivity contribution in [3.8, 4) is 0 Å². The molecule has 0 spiro atoms. The summed E-state index contributed by atoms with van der Waals surface area (Å²) in [7, 11) is 0. The van der Waals surface area contributed by atoms with Gasteiger partial charge in [0.1, 0.15) is 5.54 Å². The molecule has 0 bridgehead atoms. The van der Waals surface area contributed by atoms with Gasteiger partial charge in [0, 0.05) is 6.92 Å². The summed E-state index contributed by atoms with van der Waals surface area (Å²) >= 11 is 0. The van der Waals surface area contributed by atoms with E-state index in [0.29, 0.717) is 12.8 Å². The van der Waals surface area contributed by atoms with E-state index in [1.54, 1.807) is 0 Å². The molecule has 10 heavy (non-hydrogen) atoms. The van der Waals surface area contributed by atoms with Gasteiger partial charge in [0.2, 0.25) is 6.08 Å². The number of hydrogen-bond acceptors (Lipinski definition) is 2. The van der Waals surface area contributed by atoms with E-state index in [4.69, 9.17) is 0 Å². The summed E-state index contributed by atoms with van der Waals surface area (Å²) in [5.74, 6) is -2.87. The maximum absolute atomic E-state index is 12.5. The molecule has 0 aromatic heterocycles. The molecular weight excluding hydrogens is 140 g/mol. The van der Waals surface area contributed by atoms with Gasteiger partial charge in [0.15, 0.2) is 0 Å². The molecule has 0 heterocycles. The van der Waals surface area contributed by atoms with Gasteiger partial charge in [-0.3, -0.25) is 0 Å². The van der Waals surface area contributed by atoms with Gasteiger partial charge in [-0.15, -0.1) is 0 Å². The van der Waals surface area contributed by atoms with Crippen molar-refractivity contribution < 1.29 is 13.6 Å². The molecule has 1 fully saturated rings. The maximum Gasteiger partial charge on any atom is 0.270 e. The lowest BCUT2D eigenvalue weighted by Crippen LogP contribution is -2.30. The Hall–Kier alpha value is -0.760. The molecule has 0 saturated heterocycles. The third-order valence-corrected chi connectivity index (χ3v) is 1.80. The summed E-state index contributed by atoms with van der Waals surface area (Å²) in [6, 6.07) is 0. The molecule has 56 valence electrons. The average molecular weight is 147 g/mol. The number of isocyanates is 1. The van der Waals surface area contributed by atoms with Crippen molar-refractivity contribution in [2.75, 3.05) is 0 Å². The number of alkyl halides is 2. The monoisotopic (exact) mass is 147 g/mol. The molecule has 4 heteroatoms. The van der Waals surface area contributed by atoms with Crippen LogP contribution in [0, 0.1) is 0 Å². The highest BCUT2D eigenvalue weighted by molar-refractivity contribution is 5.37. The van der Waals surface area contributed by atoms with Crippen molar-refractivity contribution >= 4 is 6.08 Å². The molecule has 0 amide bonds. The number of nitrogens with zero attached hydrogens (tertiary/aromatic N) is 1. The fraction of sp³-hybridized carbons (Fsp3) is 0.833. The third-order valence-electron chi connectivity index (χ3n) is 1.80. The first-order valence-electron chi connectivity index (χ1n) is 2.99. The number of halogens is 2. The maximum atomic E-state index is 12.5. The lowest BCUT2D eigenvalue weighted by atomic mass is 10.1. The predicted molar refractivity (Wildman–Crippen MR) is 30.7 cm³/mol. The van der Waals surface area contributed by atoms with Crippen LogP contribution in [-0.4, -0.2) is 17.5 Å². The number of rotatable bonds is 2. The number of carbonyl (C=O) groups excluding carboxylic acids is 1. The van der Waals surface area contributed by atoms with E-state index in [-0.39, 0.29) is 0 Å². The summed E-state index contributed by atoms with van der Waals surface area (Å²) in [6.45, 7) is 0.779. The second-order valence-corrected chi connectivity index (χ2v) is 2.62. The first-order chi connectivity index (χ1) is 4.52. The standard InChI is InChI=1S/C6H7F2NO/c1-5(7,8)6(2-3-6)9-4-10/h2-3H2,1H3. The highest BCUT2D eigenvalue weighted by atomic mass is 19.3. The zero-order valence-electron chi connectivity index (χ0n) is 5.53. The summed E-state index contributed by atoms with van der Waals surface area (Å²) < 4.78 is 25.0. The minimum atomic E-state index is -2.87. The third kappa shape index (κ3) is 0.948. The molecule has 0 radical (unpaired) electrons. The summed E-state index contributed by atoms with van der Waals surface area (Å²) in [6.07, 6.45) is 1.77. The van der Waals surface area contributed by atoms with Crippen LogP contribution in [0.15, 0.2) is 4.99 Å². The van der Waals surface area contributed by atoms with E-state index in [0.717, 1.165) is 6.92 Å². The highest BCUT2D eigenvalue weighted by Crippen LogP contribution is 2.50. The van der Waals surface area contributed by atoms with Crippen molar-refractivity contribution in [2.24, 2.45) is 4.99 Å². The van der Waals surface area contributed by atoms with Gasteiger partial charge >= 0.3 is 0 Å². The van der Waals surface area contributed by atoms with E-state index in [2.05, 4.69) is 4.99 Å². The van der Waals surface area contributed by atoms with Crippen molar-refractivity contribution in [1.82, 2.24) is 0 Å². The van der Waals surface area contributed by atoms with Crippen molar-refractivity contribution in [3.63, 3.8) is 0 Å². The van der Waals surface area contributed by atoms with Gasteiger partial charge in [-0.1, -0.05) is 0 Å². The topological polar surface area (TPSA) is 29.4 Å². The summed E-state index contributed by atoms with van der Waals surface area (Å²) in [4.78, 5) is 12.8. The Bertz CT molecular complexity index is 186. The van der Waals surface area contributed by atoms with Crippen LogP contribution in [0.4, 0.5) is 8.78 Å². The minimum Gasteiger partial charge on any atom is -0.211 e. The number of hydrogen-bond donors (Lipinski definition) is 0. The lowest BCUT2D eigenvalue weighted by molar-refractivity contribution is -0.0150. The van der Waals surface area contributed by atoms with Crippen molar-refractivity contribution in [1.29, 1.82) is 0 Å². The molecule has 2 nitrogen and oxygen atoms in total. The molecule has 1 aliphatic carbocycles. The van der Waals surface area contributed by atoms with Crippen LogP contribution >= 0.6 is 0 Å². The van der Waals surface area contributed by atoms with E-state index < -0.39 is 11.5 Å². The molecule has 0 N–H and O–H groups in total. The molecule has 0 aliphatic heterocycles. The first kappa shape index (κ1) is 7.35. The summed E-state index contributed by atoms with van der Waals surface area (Å²) in [5, 5.41) is 0. The predicted octanol–water partition coefficient (Wildman–Crippen LogP) is 1.51. The van der Waals surface area contributed by atoms with Crippen molar-refractivity contribution in [3.05, 3.63) is 0 Å². The van der Waals surface area contributed by atoms with Gasteiger partial charge < -0.3 is 0 Å². The first-order valence-corrected chi connectivity index (χ1v) is 2.99. The summed E-state index contributed by atoms with van der Waals surface area (Å²) in [5.41, 5.74) is -1.39. The fourth-order valence-corrected chi connectivity index (χ4v) is 0.855. The Morgan fingerprint density at radius 3 is 2.20 bits per heavy atom. The van der Waals surface area contributed by atoms with E-state index in [9.17, 15) is 13.6 Å². The minimum absolute atomic E-state index is 0.297. The van der Waals surface area contributed by atoms with Crippen LogP contribution in [0.1, 0.15) is 19.8 Å². The number of aliphatic imine (C=N–C) groups is 1. The molecule has 1 aliphatic rings. The van der Waals surface area contributed by atoms with Gasteiger partial charge in [-0.25, -0.2) is 13.6 Å². The lowest BCUT2D eigenvalue weighted by Gasteiger charge is -2.15. The Labute approximate surface area is 56.9 Å². The quantitative estimate of drug-likeness (QED) is 0.430. The molecule has 0 unspecified atom stereocenters. The SMILES string of the molecule is CC(F)(F)C1(N=C=O)CC1. The van der Waals surface area contributed by atoms with Crippen LogP contribution in [0.25, 0.3) is 0 Å². The Morgan fingerprint density at radius 2 is 2.10 bits per heavy atom. The fourth-order valence-electron chi connectivity index (χ4n) is 0.855. The van der Waals surface area contributed by atoms with Gasteiger partial charge in [-0.2, -0.15) is 4.99 Å². The van der Waals surface area contributed by atoms with Crippen LogP contribution in [0.5, 0.6) is 0 Å².